The van der Waals surface area contributed by atoms with Crippen molar-refractivity contribution in [3.63, 3.8) is 0 Å². The first-order chi connectivity index (χ1) is 9.99. The molecule has 0 amide bonds. The molecule has 0 saturated carbocycles. The van der Waals surface area contributed by atoms with Crippen molar-refractivity contribution in [2.45, 2.75) is 19.4 Å². The zero-order valence-electron chi connectivity index (χ0n) is 11.9. The van der Waals surface area contributed by atoms with Gasteiger partial charge < -0.3 is 14.2 Å². The molecule has 0 radical (unpaired) electrons. The number of benzene rings is 1. The first-order valence-electron chi connectivity index (χ1n) is 6.31. The van der Waals surface area contributed by atoms with Crippen molar-refractivity contribution in [2.75, 3.05) is 13.7 Å². The summed E-state index contributed by atoms with van der Waals surface area (Å²) in [6, 6.07) is 4.56. The SMILES string of the molecule is C=CCCOC(C)C(=O)Oc1ccc(C(=O)OC)cc1Br. The lowest BCUT2D eigenvalue weighted by Crippen LogP contribution is -2.26. The minimum Gasteiger partial charge on any atom is -0.465 e. The fourth-order valence-corrected chi connectivity index (χ4v) is 1.88. The van der Waals surface area contributed by atoms with E-state index in [1.54, 1.807) is 13.0 Å². The van der Waals surface area contributed by atoms with Gasteiger partial charge in [-0.15, -0.1) is 6.58 Å². The molecule has 0 fully saturated rings. The molecule has 1 aromatic carbocycles. The maximum absolute atomic E-state index is 11.8. The number of carbonyl (C=O) groups excluding carboxylic acids is 2. The molecule has 0 N–H and O–H groups in total. The molecule has 0 bridgehead atoms. The molecule has 0 spiro atoms. The number of hydrogen-bond donors (Lipinski definition) is 0. The Balaban J connectivity index is 2.68. The van der Waals surface area contributed by atoms with Crippen molar-refractivity contribution < 1.29 is 23.8 Å². The van der Waals surface area contributed by atoms with Gasteiger partial charge in [-0.2, -0.15) is 0 Å². The smallest absolute Gasteiger partial charge is 0.340 e. The summed E-state index contributed by atoms with van der Waals surface area (Å²) in [5.74, 6) is -0.660. The molecule has 0 aliphatic carbocycles. The van der Waals surface area contributed by atoms with E-state index in [1.165, 1.54) is 25.3 Å². The zero-order valence-corrected chi connectivity index (χ0v) is 13.5. The number of hydrogen-bond acceptors (Lipinski definition) is 5. The highest BCUT2D eigenvalue weighted by Crippen LogP contribution is 2.26. The number of carbonyl (C=O) groups is 2. The van der Waals surface area contributed by atoms with Crippen LogP contribution in [0.5, 0.6) is 5.75 Å². The molecule has 0 aliphatic heterocycles. The monoisotopic (exact) mass is 356 g/mol. The van der Waals surface area contributed by atoms with Crippen molar-refractivity contribution in [1.82, 2.24) is 0 Å². The van der Waals surface area contributed by atoms with Crippen molar-refractivity contribution in [3.8, 4) is 5.75 Å². The second-order valence-electron chi connectivity index (χ2n) is 4.15. The molecule has 6 heteroatoms. The molecule has 0 aliphatic rings. The highest BCUT2D eigenvalue weighted by molar-refractivity contribution is 9.10. The van der Waals surface area contributed by atoms with Crippen LogP contribution in [-0.2, 0) is 14.3 Å². The number of esters is 2. The van der Waals surface area contributed by atoms with Gasteiger partial charge in [0.25, 0.3) is 0 Å². The minimum atomic E-state index is -0.683. The summed E-state index contributed by atoms with van der Waals surface area (Å²) >= 11 is 3.25. The quantitative estimate of drug-likeness (QED) is 0.325. The van der Waals surface area contributed by atoms with Crippen molar-refractivity contribution in [1.29, 1.82) is 0 Å². The second kappa shape index (κ2) is 8.59. The van der Waals surface area contributed by atoms with E-state index in [-0.39, 0.29) is 0 Å². The van der Waals surface area contributed by atoms with Gasteiger partial charge in [-0.05, 0) is 47.5 Å². The third kappa shape index (κ3) is 5.32. The van der Waals surface area contributed by atoms with E-state index in [0.717, 1.165) is 0 Å². The van der Waals surface area contributed by atoms with Gasteiger partial charge in [-0.3, -0.25) is 0 Å². The Bertz CT molecular complexity index is 527. The Morgan fingerprint density at radius 1 is 1.43 bits per heavy atom. The standard InChI is InChI=1S/C15H17BrO5/c1-4-5-8-20-10(2)14(17)21-13-7-6-11(9-12(13)16)15(18)19-3/h4,6-7,9-10H,1,5,8H2,2-3H3. The topological polar surface area (TPSA) is 61.8 Å². The van der Waals surface area contributed by atoms with Gasteiger partial charge in [0.2, 0.25) is 0 Å². The van der Waals surface area contributed by atoms with Gasteiger partial charge in [0.15, 0.2) is 6.10 Å². The van der Waals surface area contributed by atoms with Gasteiger partial charge in [0.1, 0.15) is 5.75 Å². The molecule has 0 aromatic heterocycles. The average Bonchev–Trinajstić information content (AvgIpc) is 2.48. The van der Waals surface area contributed by atoms with Gasteiger partial charge in [-0.1, -0.05) is 6.08 Å². The number of halogens is 1. The average molecular weight is 357 g/mol. The first kappa shape index (κ1) is 17.4. The fraction of sp³-hybridized carbons (Fsp3) is 0.333. The van der Waals surface area contributed by atoms with Crippen molar-refractivity contribution in [2.24, 2.45) is 0 Å². The molecule has 0 heterocycles. The minimum absolute atomic E-state index is 0.312. The molecule has 5 nitrogen and oxygen atoms in total. The summed E-state index contributed by atoms with van der Waals surface area (Å²) in [4.78, 5) is 23.2. The normalized spacial score (nSPS) is 11.6. The summed E-state index contributed by atoms with van der Waals surface area (Å²) in [6.45, 7) is 5.59. The Hall–Kier alpha value is -1.66. The summed E-state index contributed by atoms with van der Waals surface area (Å²) < 4.78 is 15.6. The molecule has 0 saturated heterocycles. The van der Waals surface area contributed by atoms with E-state index in [9.17, 15) is 9.59 Å². The molecule has 1 aromatic rings. The van der Waals surface area contributed by atoms with E-state index in [2.05, 4.69) is 27.2 Å². The lowest BCUT2D eigenvalue weighted by Gasteiger charge is -2.13. The summed E-state index contributed by atoms with van der Waals surface area (Å²) in [5, 5.41) is 0. The van der Waals surface area contributed by atoms with E-state index in [1.807, 2.05) is 0 Å². The molecule has 114 valence electrons. The van der Waals surface area contributed by atoms with Crippen LogP contribution in [0, 0.1) is 0 Å². The first-order valence-corrected chi connectivity index (χ1v) is 7.11. The summed E-state index contributed by atoms with van der Waals surface area (Å²) in [6.07, 6.45) is 1.69. The Morgan fingerprint density at radius 3 is 2.71 bits per heavy atom. The second-order valence-corrected chi connectivity index (χ2v) is 5.00. The summed E-state index contributed by atoms with van der Waals surface area (Å²) in [5.41, 5.74) is 0.361. The lowest BCUT2D eigenvalue weighted by atomic mass is 10.2. The zero-order chi connectivity index (χ0) is 15.8. The van der Waals surface area contributed by atoms with Gasteiger partial charge >= 0.3 is 11.9 Å². The largest absolute Gasteiger partial charge is 0.465 e. The highest BCUT2D eigenvalue weighted by atomic mass is 79.9. The molecule has 1 rings (SSSR count). The third-order valence-corrected chi connectivity index (χ3v) is 3.20. The number of methoxy groups -OCH3 is 1. The molecule has 1 unspecified atom stereocenters. The van der Waals surface area contributed by atoms with Crippen LogP contribution in [0.4, 0.5) is 0 Å². The predicted molar refractivity (Wildman–Crippen MR) is 81.3 cm³/mol. The van der Waals surface area contributed by atoms with Crippen molar-refractivity contribution in [3.05, 3.63) is 40.9 Å². The Morgan fingerprint density at radius 2 is 2.14 bits per heavy atom. The predicted octanol–water partition coefficient (Wildman–Crippen LogP) is 3.12. The Kier molecular flexibility index (Phi) is 7.11. The fourth-order valence-electron chi connectivity index (χ4n) is 1.42. The van der Waals surface area contributed by atoms with E-state index in [4.69, 9.17) is 9.47 Å². The number of rotatable bonds is 7. The van der Waals surface area contributed by atoms with Crippen LogP contribution in [0.3, 0.4) is 0 Å². The van der Waals surface area contributed by atoms with E-state index in [0.29, 0.717) is 28.8 Å². The van der Waals surface area contributed by atoms with Gasteiger partial charge in [-0.25, -0.2) is 9.59 Å². The van der Waals surface area contributed by atoms with Crippen LogP contribution in [0.2, 0.25) is 0 Å². The molecular weight excluding hydrogens is 340 g/mol. The maximum atomic E-state index is 11.8. The third-order valence-electron chi connectivity index (χ3n) is 2.59. The van der Waals surface area contributed by atoms with Crippen LogP contribution in [-0.4, -0.2) is 31.8 Å². The van der Waals surface area contributed by atoms with Crippen LogP contribution >= 0.6 is 15.9 Å². The highest BCUT2D eigenvalue weighted by Gasteiger charge is 2.18. The van der Waals surface area contributed by atoms with Crippen molar-refractivity contribution >= 4 is 27.9 Å². The molecule has 21 heavy (non-hydrogen) atoms. The van der Waals surface area contributed by atoms with Crippen LogP contribution < -0.4 is 4.74 Å². The van der Waals surface area contributed by atoms with Gasteiger partial charge in [0, 0.05) is 0 Å². The Labute approximate surface area is 132 Å². The van der Waals surface area contributed by atoms with Crippen LogP contribution in [0.15, 0.2) is 35.3 Å². The van der Waals surface area contributed by atoms with E-state index < -0.39 is 18.0 Å². The van der Waals surface area contributed by atoms with Crippen LogP contribution in [0.1, 0.15) is 23.7 Å². The molecule has 1 atom stereocenters. The lowest BCUT2D eigenvalue weighted by molar-refractivity contribution is -0.146. The van der Waals surface area contributed by atoms with Gasteiger partial charge in [0.05, 0.1) is 23.8 Å². The number of ether oxygens (including phenoxy) is 3. The molecular formula is C15H17BrO5. The van der Waals surface area contributed by atoms with E-state index >= 15 is 0 Å². The summed E-state index contributed by atoms with van der Waals surface area (Å²) in [7, 11) is 1.30. The van der Waals surface area contributed by atoms with Crippen LogP contribution in [0.25, 0.3) is 0 Å². The maximum Gasteiger partial charge on any atom is 0.340 e.